The lowest BCUT2D eigenvalue weighted by atomic mass is 9.93. The van der Waals surface area contributed by atoms with Gasteiger partial charge < -0.3 is 9.64 Å². The number of hydrogen-bond donors (Lipinski definition) is 0. The van der Waals surface area contributed by atoms with Gasteiger partial charge in [-0.1, -0.05) is 0 Å². The van der Waals surface area contributed by atoms with E-state index in [1.807, 2.05) is 11.3 Å². The van der Waals surface area contributed by atoms with Gasteiger partial charge in [-0.3, -0.25) is 9.69 Å². The van der Waals surface area contributed by atoms with E-state index in [1.54, 1.807) is 0 Å². The van der Waals surface area contributed by atoms with Crippen LogP contribution in [-0.4, -0.2) is 54.6 Å². The van der Waals surface area contributed by atoms with Crippen LogP contribution in [0.3, 0.4) is 0 Å². The maximum Gasteiger partial charge on any atom is 0.222 e. The van der Waals surface area contributed by atoms with Crippen molar-refractivity contribution in [2.24, 2.45) is 11.8 Å². The minimum absolute atomic E-state index is 0.340. The van der Waals surface area contributed by atoms with E-state index < -0.39 is 0 Å². The fourth-order valence-corrected chi connectivity index (χ4v) is 5.09. The molecule has 1 aromatic heterocycles. The highest BCUT2D eigenvalue weighted by Crippen LogP contribution is 2.36. The van der Waals surface area contributed by atoms with Crippen LogP contribution in [0.4, 0.5) is 0 Å². The predicted octanol–water partition coefficient (Wildman–Crippen LogP) is 2.13. The number of thiophene rings is 1. The third kappa shape index (κ3) is 2.70. The maximum atomic E-state index is 11.8. The van der Waals surface area contributed by atoms with Gasteiger partial charge in [0.15, 0.2) is 0 Å². The Labute approximate surface area is 136 Å². The summed E-state index contributed by atoms with van der Waals surface area (Å²) in [5, 5.41) is 2.18. The zero-order chi connectivity index (χ0) is 15.1. The molecule has 0 saturated carbocycles. The molecule has 3 fully saturated rings. The first-order valence-electron chi connectivity index (χ1n) is 8.35. The molecule has 3 atom stereocenters. The molecule has 4 rings (SSSR count). The summed E-state index contributed by atoms with van der Waals surface area (Å²) in [5.74, 6) is 1.47. The molecule has 4 nitrogen and oxygen atoms in total. The molecule has 0 unspecified atom stereocenters. The van der Waals surface area contributed by atoms with Crippen LogP contribution < -0.4 is 0 Å². The predicted molar refractivity (Wildman–Crippen MR) is 86.9 cm³/mol. The molecule has 0 spiro atoms. The van der Waals surface area contributed by atoms with Crippen molar-refractivity contribution >= 4 is 17.2 Å². The topological polar surface area (TPSA) is 32.8 Å². The molecule has 3 aliphatic heterocycles. The van der Waals surface area contributed by atoms with Gasteiger partial charge in [0, 0.05) is 55.9 Å². The number of ether oxygens (including phenoxy) is 1. The molecule has 1 aromatic rings. The Kier molecular flexibility index (Phi) is 3.96. The van der Waals surface area contributed by atoms with E-state index in [1.165, 1.54) is 10.4 Å². The van der Waals surface area contributed by atoms with Gasteiger partial charge >= 0.3 is 0 Å². The average molecular weight is 320 g/mol. The first kappa shape index (κ1) is 14.7. The molecular weight excluding hydrogens is 296 g/mol. The van der Waals surface area contributed by atoms with Crippen LogP contribution in [0, 0.1) is 18.8 Å². The third-order valence-corrected chi connectivity index (χ3v) is 6.48. The fourth-order valence-electron chi connectivity index (χ4n) is 4.15. The van der Waals surface area contributed by atoms with Gasteiger partial charge in [0.2, 0.25) is 5.91 Å². The van der Waals surface area contributed by atoms with Crippen LogP contribution in [0.1, 0.15) is 23.3 Å². The zero-order valence-electron chi connectivity index (χ0n) is 13.2. The Morgan fingerprint density at radius 1 is 1.41 bits per heavy atom. The van der Waals surface area contributed by atoms with E-state index in [4.69, 9.17) is 4.74 Å². The number of aryl methyl sites for hydroxylation is 1. The van der Waals surface area contributed by atoms with Crippen LogP contribution in [0.25, 0.3) is 0 Å². The van der Waals surface area contributed by atoms with Crippen LogP contribution in [-0.2, 0) is 16.1 Å². The minimum atomic E-state index is 0.340. The molecule has 22 heavy (non-hydrogen) atoms. The van der Waals surface area contributed by atoms with Crippen molar-refractivity contribution in [3.8, 4) is 0 Å². The van der Waals surface area contributed by atoms with Crippen molar-refractivity contribution in [2.75, 3.05) is 32.8 Å². The van der Waals surface area contributed by atoms with Gasteiger partial charge in [0.25, 0.3) is 0 Å². The quantitative estimate of drug-likeness (QED) is 0.852. The number of carbonyl (C=O) groups excluding carboxylic acids is 1. The SMILES string of the molecule is Cc1ccsc1CN1C[C@@H]2[C@@H](CN3CCCC3=O)CO[C@@H]2C1. The lowest BCUT2D eigenvalue weighted by Gasteiger charge is -2.24. The van der Waals surface area contributed by atoms with Gasteiger partial charge in [-0.25, -0.2) is 0 Å². The number of nitrogens with zero attached hydrogens (tertiary/aromatic N) is 2. The maximum absolute atomic E-state index is 11.8. The molecule has 5 heteroatoms. The van der Waals surface area contributed by atoms with E-state index in [0.717, 1.165) is 52.2 Å². The monoisotopic (exact) mass is 320 g/mol. The van der Waals surface area contributed by atoms with Crippen molar-refractivity contribution in [3.63, 3.8) is 0 Å². The first-order valence-corrected chi connectivity index (χ1v) is 9.23. The van der Waals surface area contributed by atoms with Gasteiger partial charge in [0.1, 0.15) is 0 Å². The Balaban J connectivity index is 1.36. The van der Waals surface area contributed by atoms with Crippen molar-refractivity contribution in [3.05, 3.63) is 21.9 Å². The number of fused-ring (bicyclic) bond motifs is 1. The summed E-state index contributed by atoms with van der Waals surface area (Å²) in [5.41, 5.74) is 1.40. The molecule has 0 N–H and O–H groups in total. The number of likely N-dealkylation sites (tertiary alicyclic amines) is 2. The normalized spacial score (nSPS) is 32.1. The molecule has 0 radical (unpaired) electrons. The van der Waals surface area contributed by atoms with E-state index in [9.17, 15) is 4.79 Å². The minimum Gasteiger partial charge on any atom is -0.376 e. The molecule has 4 heterocycles. The highest BCUT2D eigenvalue weighted by molar-refractivity contribution is 7.10. The van der Waals surface area contributed by atoms with Crippen LogP contribution in [0.2, 0.25) is 0 Å². The lowest BCUT2D eigenvalue weighted by Crippen LogP contribution is -2.35. The number of amides is 1. The Hall–Kier alpha value is -0.910. The van der Waals surface area contributed by atoms with Crippen LogP contribution in [0.15, 0.2) is 11.4 Å². The number of rotatable bonds is 4. The largest absolute Gasteiger partial charge is 0.376 e. The summed E-state index contributed by atoms with van der Waals surface area (Å²) in [7, 11) is 0. The van der Waals surface area contributed by atoms with Crippen LogP contribution >= 0.6 is 11.3 Å². The third-order valence-electron chi connectivity index (χ3n) is 5.48. The Morgan fingerprint density at radius 2 is 2.32 bits per heavy atom. The Morgan fingerprint density at radius 3 is 3.05 bits per heavy atom. The lowest BCUT2D eigenvalue weighted by molar-refractivity contribution is -0.128. The fraction of sp³-hybridized carbons (Fsp3) is 0.706. The van der Waals surface area contributed by atoms with E-state index >= 15 is 0 Å². The summed E-state index contributed by atoms with van der Waals surface area (Å²) in [6, 6.07) is 2.20. The molecule has 3 saturated heterocycles. The van der Waals surface area contributed by atoms with Crippen LogP contribution in [0.5, 0.6) is 0 Å². The molecule has 0 aliphatic carbocycles. The van der Waals surface area contributed by atoms with Crippen molar-refractivity contribution in [1.82, 2.24) is 9.80 Å². The average Bonchev–Trinajstić information content (AvgIpc) is 3.22. The second kappa shape index (κ2) is 5.95. The number of carbonyl (C=O) groups is 1. The van der Waals surface area contributed by atoms with Gasteiger partial charge in [-0.05, 0) is 30.4 Å². The van der Waals surface area contributed by atoms with Gasteiger partial charge in [0.05, 0.1) is 12.7 Å². The summed E-state index contributed by atoms with van der Waals surface area (Å²) >= 11 is 1.86. The zero-order valence-corrected chi connectivity index (χ0v) is 14.0. The molecule has 0 bridgehead atoms. The van der Waals surface area contributed by atoms with Gasteiger partial charge in [-0.15, -0.1) is 11.3 Å². The molecule has 0 aromatic carbocycles. The summed E-state index contributed by atoms with van der Waals surface area (Å²) in [6.07, 6.45) is 2.15. The van der Waals surface area contributed by atoms with E-state index in [0.29, 0.717) is 23.8 Å². The molecule has 1 amide bonds. The van der Waals surface area contributed by atoms with Crippen molar-refractivity contribution < 1.29 is 9.53 Å². The Bertz CT molecular complexity index is 559. The molecule has 3 aliphatic rings. The summed E-state index contributed by atoms with van der Waals surface area (Å²) in [4.78, 5) is 17.9. The summed E-state index contributed by atoms with van der Waals surface area (Å²) < 4.78 is 6.04. The summed E-state index contributed by atoms with van der Waals surface area (Å²) in [6.45, 7) is 8.11. The van der Waals surface area contributed by atoms with Crippen molar-refractivity contribution in [1.29, 1.82) is 0 Å². The van der Waals surface area contributed by atoms with Gasteiger partial charge in [-0.2, -0.15) is 0 Å². The smallest absolute Gasteiger partial charge is 0.222 e. The molecule has 120 valence electrons. The number of hydrogen-bond acceptors (Lipinski definition) is 4. The van der Waals surface area contributed by atoms with E-state index in [2.05, 4.69) is 28.2 Å². The highest BCUT2D eigenvalue weighted by Gasteiger charge is 2.44. The second-order valence-corrected chi connectivity index (χ2v) is 7.96. The highest BCUT2D eigenvalue weighted by atomic mass is 32.1. The molecular formula is C17H24N2O2S. The van der Waals surface area contributed by atoms with Crippen molar-refractivity contribution in [2.45, 2.75) is 32.4 Å². The second-order valence-electron chi connectivity index (χ2n) is 6.96. The van der Waals surface area contributed by atoms with E-state index in [-0.39, 0.29) is 0 Å². The standard InChI is InChI=1S/C17H24N2O2S/c1-12-4-6-22-16(12)10-18-8-14-13(11-21-15(14)9-18)7-19-5-2-3-17(19)20/h4,6,13-15H,2-3,5,7-11H2,1H3/t13-,14+,15+/m0/s1. The first-order chi connectivity index (χ1) is 10.7.